The third kappa shape index (κ3) is 4.79. The number of benzene rings is 2. The molecule has 0 fully saturated rings. The molecule has 0 saturated carbocycles. The number of nitrogens with zero attached hydrogens (tertiary/aromatic N) is 6. The number of halogens is 1. The highest BCUT2D eigenvalue weighted by molar-refractivity contribution is 7.98. The van der Waals surface area contributed by atoms with Crippen molar-refractivity contribution < 1.29 is 9.42 Å². The number of carbonyl (C=O) groups excluding carboxylic acids is 1. The van der Waals surface area contributed by atoms with Gasteiger partial charge >= 0.3 is 0 Å². The number of hydrazone groups is 1. The second kappa shape index (κ2) is 9.62. The first-order valence-electron chi connectivity index (χ1n) is 9.34. The molecule has 4 aromatic rings. The zero-order valence-electron chi connectivity index (χ0n) is 16.8. The number of nitrogen functional groups attached to an aromatic ring is 1. The highest BCUT2D eigenvalue weighted by Gasteiger charge is 2.24. The van der Waals surface area contributed by atoms with Gasteiger partial charge in [-0.25, -0.2) is 10.1 Å². The van der Waals surface area contributed by atoms with Crippen LogP contribution in [0.25, 0.3) is 5.82 Å². The van der Waals surface area contributed by atoms with Crippen molar-refractivity contribution in [1.29, 1.82) is 0 Å². The monoisotopic (exact) mass is 468 g/mol. The van der Waals surface area contributed by atoms with Crippen LogP contribution in [0.5, 0.6) is 0 Å². The molecular formula is C20H17ClN8O2S. The molecule has 0 atom stereocenters. The highest BCUT2D eigenvalue weighted by Crippen LogP contribution is 2.25. The van der Waals surface area contributed by atoms with E-state index in [2.05, 4.69) is 35.8 Å². The van der Waals surface area contributed by atoms with E-state index < -0.39 is 5.91 Å². The van der Waals surface area contributed by atoms with E-state index >= 15 is 0 Å². The Kier molecular flexibility index (Phi) is 6.47. The molecule has 0 aliphatic rings. The summed E-state index contributed by atoms with van der Waals surface area (Å²) in [7, 11) is 0. The van der Waals surface area contributed by atoms with Gasteiger partial charge in [0.1, 0.15) is 0 Å². The Bertz CT molecular complexity index is 1250. The lowest BCUT2D eigenvalue weighted by Crippen LogP contribution is -2.21. The van der Waals surface area contributed by atoms with Gasteiger partial charge in [0.25, 0.3) is 5.91 Å². The van der Waals surface area contributed by atoms with Gasteiger partial charge in [-0.2, -0.15) is 9.78 Å². The first-order chi connectivity index (χ1) is 15.5. The summed E-state index contributed by atoms with van der Waals surface area (Å²) in [6.45, 7) is 1.77. The van der Waals surface area contributed by atoms with Crippen molar-refractivity contribution in [2.75, 3.05) is 5.73 Å². The van der Waals surface area contributed by atoms with Crippen LogP contribution in [0.4, 0.5) is 5.82 Å². The van der Waals surface area contributed by atoms with E-state index in [4.69, 9.17) is 17.3 Å². The molecule has 32 heavy (non-hydrogen) atoms. The van der Waals surface area contributed by atoms with Gasteiger partial charge in [0, 0.05) is 15.7 Å². The fourth-order valence-corrected chi connectivity index (χ4v) is 3.77. The highest BCUT2D eigenvalue weighted by atomic mass is 35.5. The molecular weight excluding hydrogens is 452 g/mol. The Balaban J connectivity index is 1.60. The van der Waals surface area contributed by atoms with Crippen molar-refractivity contribution in [3.8, 4) is 5.82 Å². The van der Waals surface area contributed by atoms with Gasteiger partial charge in [-0.3, -0.25) is 4.79 Å². The Morgan fingerprint density at radius 1 is 1.19 bits per heavy atom. The van der Waals surface area contributed by atoms with E-state index in [9.17, 15) is 4.79 Å². The average Bonchev–Trinajstić information content (AvgIpc) is 3.42. The van der Waals surface area contributed by atoms with Crippen LogP contribution < -0.4 is 11.2 Å². The van der Waals surface area contributed by atoms with E-state index in [1.807, 2.05) is 42.5 Å². The number of aromatic nitrogens is 5. The zero-order chi connectivity index (χ0) is 22.5. The number of anilines is 1. The van der Waals surface area contributed by atoms with E-state index in [1.54, 1.807) is 19.1 Å². The molecule has 4 rings (SSSR count). The number of rotatable bonds is 7. The molecule has 0 spiro atoms. The Morgan fingerprint density at radius 3 is 2.62 bits per heavy atom. The molecule has 0 radical (unpaired) electrons. The molecule has 2 heterocycles. The van der Waals surface area contributed by atoms with Crippen LogP contribution in [0.3, 0.4) is 0 Å². The van der Waals surface area contributed by atoms with Crippen molar-refractivity contribution in [1.82, 2.24) is 30.7 Å². The van der Waals surface area contributed by atoms with Crippen molar-refractivity contribution in [2.45, 2.75) is 17.6 Å². The van der Waals surface area contributed by atoms with Crippen molar-refractivity contribution in [2.24, 2.45) is 5.10 Å². The lowest BCUT2D eigenvalue weighted by molar-refractivity contribution is 0.0949. The van der Waals surface area contributed by atoms with Gasteiger partial charge in [-0.15, -0.1) is 16.9 Å². The topological polar surface area (TPSA) is 137 Å². The summed E-state index contributed by atoms with van der Waals surface area (Å²) < 4.78 is 6.01. The van der Waals surface area contributed by atoms with Crippen molar-refractivity contribution >= 4 is 40.8 Å². The third-order valence-corrected chi connectivity index (χ3v) is 5.66. The molecule has 12 heteroatoms. The predicted molar refractivity (Wildman–Crippen MR) is 121 cm³/mol. The average molecular weight is 469 g/mol. The lowest BCUT2D eigenvalue weighted by atomic mass is 10.1. The van der Waals surface area contributed by atoms with Crippen LogP contribution in [0.1, 0.15) is 28.7 Å². The predicted octanol–water partition coefficient (Wildman–Crippen LogP) is 3.33. The summed E-state index contributed by atoms with van der Waals surface area (Å²) >= 11 is 7.42. The maximum Gasteiger partial charge on any atom is 0.293 e. The maximum absolute atomic E-state index is 12.9. The summed E-state index contributed by atoms with van der Waals surface area (Å²) in [5, 5.41) is 20.2. The number of nitrogens with two attached hydrogens (primary N) is 1. The van der Waals surface area contributed by atoms with Gasteiger partial charge in [0.05, 0.1) is 11.4 Å². The fourth-order valence-electron chi connectivity index (χ4n) is 2.73. The van der Waals surface area contributed by atoms with E-state index in [0.29, 0.717) is 22.2 Å². The third-order valence-electron chi connectivity index (χ3n) is 4.38. The molecule has 0 aliphatic heterocycles. The number of thioether (sulfide) groups is 1. The van der Waals surface area contributed by atoms with E-state index in [1.165, 1.54) is 16.4 Å². The summed E-state index contributed by atoms with van der Waals surface area (Å²) in [5.74, 6) is 0.0279. The summed E-state index contributed by atoms with van der Waals surface area (Å²) in [4.78, 5) is 13.9. The molecule has 2 aromatic heterocycles. The van der Waals surface area contributed by atoms with Gasteiger partial charge in [0.15, 0.2) is 5.69 Å². The normalized spacial score (nSPS) is 11.5. The van der Waals surface area contributed by atoms with E-state index in [-0.39, 0.29) is 17.3 Å². The standard InChI is InChI=1S/C20H17ClN8O2S/c1-12(13-7-9-14(21)10-8-13)23-25-20(30)17-16(11-32-15-5-3-2-4-6-15)29(28-24-17)19-18(22)26-31-27-19/h2-10H,11H2,1H3,(H2,22,26)(H,25,30)/b23-12-. The summed E-state index contributed by atoms with van der Waals surface area (Å²) in [6.07, 6.45) is 0. The Hall–Kier alpha value is -3.70. The minimum atomic E-state index is -0.525. The van der Waals surface area contributed by atoms with Crippen LogP contribution in [0, 0.1) is 0 Å². The molecule has 162 valence electrons. The number of nitrogens with one attached hydrogen (secondary N) is 1. The first-order valence-corrected chi connectivity index (χ1v) is 10.7. The lowest BCUT2D eigenvalue weighted by Gasteiger charge is -2.06. The summed E-state index contributed by atoms with van der Waals surface area (Å²) in [5.41, 5.74) is 10.3. The van der Waals surface area contributed by atoms with Gasteiger partial charge in [0.2, 0.25) is 11.6 Å². The second-order valence-corrected chi connectivity index (χ2v) is 8.00. The second-order valence-electron chi connectivity index (χ2n) is 6.52. The molecule has 3 N–H and O–H groups in total. The molecule has 0 unspecified atom stereocenters. The number of carbonyl (C=O) groups is 1. The first kappa shape index (κ1) is 21.5. The minimum Gasteiger partial charge on any atom is -0.378 e. The number of hydrogen-bond acceptors (Lipinski definition) is 9. The quantitative estimate of drug-likeness (QED) is 0.239. The van der Waals surface area contributed by atoms with Crippen molar-refractivity contribution in [3.63, 3.8) is 0 Å². The maximum atomic E-state index is 12.9. The summed E-state index contributed by atoms with van der Waals surface area (Å²) in [6, 6.07) is 16.8. The number of hydrogen-bond donors (Lipinski definition) is 2. The SMILES string of the molecule is C/C(=N/NC(=O)c1nnn(-c2nonc2N)c1CSc1ccccc1)c1ccc(Cl)cc1. The van der Waals surface area contributed by atoms with Gasteiger partial charge in [-0.05, 0) is 47.1 Å². The van der Waals surface area contributed by atoms with Crippen molar-refractivity contribution in [3.05, 3.63) is 76.6 Å². The molecule has 10 nitrogen and oxygen atoms in total. The zero-order valence-corrected chi connectivity index (χ0v) is 18.3. The van der Waals surface area contributed by atoms with Crippen LogP contribution in [-0.2, 0) is 5.75 Å². The molecule has 2 aromatic carbocycles. The Labute approximate surface area is 191 Å². The molecule has 0 bridgehead atoms. The Morgan fingerprint density at radius 2 is 1.94 bits per heavy atom. The number of amides is 1. The van der Waals surface area contributed by atoms with Crippen LogP contribution in [0.2, 0.25) is 5.02 Å². The van der Waals surface area contributed by atoms with Crippen LogP contribution in [0.15, 0.2) is 69.2 Å². The van der Waals surface area contributed by atoms with Crippen LogP contribution in [-0.4, -0.2) is 36.9 Å². The largest absolute Gasteiger partial charge is 0.378 e. The fraction of sp³-hybridized carbons (Fsp3) is 0.100. The molecule has 1 amide bonds. The smallest absolute Gasteiger partial charge is 0.293 e. The van der Waals surface area contributed by atoms with Gasteiger partial charge in [-0.1, -0.05) is 47.1 Å². The van der Waals surface area contributed by atoms with E-state index in [0.717, 1.165) is 10.5 Å². The van der Waals surface area contributed by atoms with Crippen LogP contribution >= 0.6 is 23.4 Å². The minimum absolute atomic E-state index is 0.0319. The molecule has 0 aliphatic carbocycles. The van der Waals surface area contributed by atoms with Gasteiger partial charge < -0.3 is 5.73 Å². The molecule has 0 saturated heterocycles.